The molecule has 1 N–H and O–H groups in total. The molecule has 3 aromatic rings. The minimum Gasteiger partial charge on any atom is -0.376 e. The molecule has 0 spiro atoms. The predicted molar refractivity (Wildman–Crippen MR) is 116 cm³/mol. The molecule has 4 rings (SSSR count). The van der Waals surface area contributed by atoms with Gasteiger partial charge < -0.3 is 10.1 Å². The first kappa shape index (κ1) is 19.8. The summed E-state index contributed by atoms with van der Waals surface area (Å²) in [5, 5.41) is 3.60. The monoisotopic (exact) mass is 389 g/mol. The van der Waals surface area contributed by atoms with Gasteiger partial charge in [-0.25, -0.2) is 4.39 Å². The van der Waals surface area contributed by atoms with Gasteiger partial charge in [-0.3, -0.25) is 0 Å². The van der Waals surface area contributed by atoms with Crippen molar-refractivity contribution in [2.24, 2.45) is 0 Å². The lowest BCUT2D eigenvalue weighted by atomic mass is 9.83. The molecule has 150 valence electrons. The van der Waals surface area contributed by atoms with Gasteiger partial charge in [0.25, 0.3) is 0 Å². The molecule has 2 nitrogen and oxygen atoms in total. The molecule has 29 heavy (non-hydrogen) atoms. The molecule has 0 bridgehead atoms. The Morgan fingerprint density at radius 1 is 0.828 bits per heavy atom. The zero-order valence-corrected chi connectivity index (χ0v) is 16.6. The third-order valence-electron chi connectivity index (χ3n) is 5.76. The highest BCUT2D eigenvalue weighted by Gasteiger charge is 2.30. The van der Waals surface area contributed by atoms with Gasteiger partial charge in [0.1, 0.15) is 5.82 Å². The molecule has 1 fully saturated rings. The van der Waals surface area contributed by atoms with Gasteiger partial charge in [-0.05, 0) is 54.6 Å². The maximum Gasteiger partial charge on any atom is 0.123 e. The van der Waals surface area contributed by atoms with Crippen LogP contribution in [0.3, 0.4) is 0 Å². The molecule has 1 aliphatic rings. The third kappa shape index (κ3) is 5.31. The van der Waals surface area contributed by atoms with Crippen LogP contribution in [0.4, 0.5) is 4.39 Å². The Balaban J connectivity index is 1.34. The summed E-state index contributed by atoms with van der Waals surface area (Å²) in [4.78, 5) is 0. The van der Waals surface area contributed by atoms with Crippen LogP contribution >= 0.6 is 0 Å². The number of hydrogen-bond donors (Lipinski definition) is 1. The van der Waals surface area contributed by atoms with Crippen molar-refractivity contribution >= 4 is 0 Å². The lowest BCUT2D eigenvalue weighted by Gasteiger charge is -2.35. The molecule has 0 radical (unpaired) electrons. The topological polar surface area (TPSA) is 21.3 Å². The van der Waals surface area contributed by atoms with Gasteiger partial charge in [0.2, 0.25) is 0 Å². The minimum absolute atomic E-state index is 0.181. The van der Waals surface area contributed by atoms with Crippen molar-refractivity contribution in [3.05, 3.63) is 107 Å². The van der Waals surface area contributed by atoms with Gasteiger partial charge >= 0.3 is 0 Å². The molecule has 1 aliphatic heterocycles. The molecule has 3 aromatic carbocycles. The smallest absolute Gasteiger partial charge is 0.123 e. The summed E-state index contributed by atoms with van der Waals surface area (Å²) >= 11 is 0. The second kappa shape index (κ2) is 9.82. The normalized spacial score (nSPS) is 19.4. The number of benzene rings is 3. The SMILES string of the molecule is Fc1ccc(CCN[C@H]2CC[C@@H](C(c3ccccc3)c3ccccc3)OC2)cc1. The maximum atomic E-state index is 13.0. The highest BCUT2D eigenvalue weighted by molar-refractivity contribution is 5.34. The highest BCUT2D eigenvalue weighted by Crippen LogP contribution is 2.34. The number of ether oxygens (including phenoxy) is 1. The van der Waals surface area contributed by atoms with Crippen LogP contribution in [0.25, 0.3) is 0 Å². The molecule has 1 saturated heterocycles. The second-order valence-corrected chi connectivity index (χ2v) is 7.78. The Labute approximate surface area is 172 Å². The molecule has 0 saturated carbocycles. The third-order valence-corrected chi connectivity index (χ3v) is 5.76. The van der Waals surface area contributed by atoms with Crippen molar-refractivity contribution in [1.82, 2.24) is 5.32 Å². The van der Waals surface area contributed by atoms with Crippen molar-refractivity contribution in [1.29, 1.82) is 0 Å². The van der Waals surface area contributed by atoms with Crippen LogP contribution in [0.15, 0.2) is 84.9 Å². The van der Waals surface area contributed by atoms with E-state index in [1.807, 2.05) is 12.1 Å². The van der Waals surface area contributed by atoms with Gasteiger partial charge in [-0.2, -0.15) is 0 Å². The van der Waals surface area contributed by atoms with E-state index in [9.17, 15) is 4.39 Å². The van der Waals surface area contributed by atoms with E-state index in [0.717, 1.165) is 38.0 Å². The van der Waals surface area contributed by atoms with Crippen LogP contribution in [0.2, 0.25) is 0 Å². The molecule has 0 aromatic heterocycles. The average molecular weight is 390 g/mol. The van der Waals surface area contributed by atoms with E-state index >= 15 is 0 Å². The van der Waals surface area contributed by atoms with Crippen LogP contribution in [0.5, 0.6) is 0 Å². The summed E-state index contributed by atoms with van der Waals surface area (Å²) in [7, 11) is 0. The van der Waals surface area contributed by atoms with Crippen molar-refractivity contribution in [2.75, 3.05) is 13.2 Å². The summed E-state index contributed by atoms with van der Waals surface area (Å²) < 4.78 is 19.4. The summed E-state index contributed by atoms with van der Waals surface area (Å²) in [5.41, 5.74) is 3.78. The van der Waals surface area contributed by atoms with Crippen LogP contribution in [0, 0.1) is 5.82 Å². The van der Waals surface area contributed by atoms with Crippen molar-refractivity contribution in [3.63, 3.8) is 0 Å². The Hall–Kier alpha value is -2.49. The zero-order chi connectivity index (χ0) is 19.9. The zero-order valence-electron chi connectivity index (χ0n) is 16.6. The van der Waals surface area contributed by atoms with Gasteiger partial charge in [0, 0.05) is 12.0 Å². The number of rotatable bonds is 7. The van der Waals surface area contributed by atoms with Crippen LogP contribution in [0.1, 0.15) is 35.4 Å². The lowest BCUT2D eigenvalue weighted by Crippen LogP contribution is -2.42. The molecular formula is C26H28FNO. The summed E-state index contributed by atoms with van der Waals surface area (Å²) in [6, 6.07) is 28.5. The predicted octanol–water partition coefficient (Wildman–Crippen LogP) is 5.34. The first-order valence-corrected chi connectivity index (χ1v) is 10.5. The van der Waals surface area contributed by atoms with E-state index in [-0.39, 0.29) is 17.8 Å². The fraction of sp³-hybridized carbons (Fsp3) is 0.308. The van der Waals surface area contributed by atoms with Crippen LogP contribution in [-0.4, -0.2) is 25.3 Å². The van der Waals surface area contributed by atoms with Crippen molar-refractivity contribution in [3.8, 4) is 0 Å². The standard InChI is InChI=1S/C26H28FNO/c27-23-13-11-20(12-14-23)17-18-28-24-15-16-25(29-19-24)26(21-7-3-1-4-8-21)22-9-5-2-6-10-22/h1-14,24-26,28H,15-19H2/t24-,25-/m0/s1. The minimum atomic E-state index is -0.181. The average Bonchev–Trinajstić information content (AvgIpc) is 2.78. The van der Waals surface area contributed by atoms with E-state index in [1.165, 1.54) is 23.3 Å². The summed E-state index contributed by atoms with van der Waals surface area (Å²) in [5.74, 6) is 0.0809. The van der Waals surface area contributed by atoms with Gasteiger partial charge in [-0.15, -0.1) is 0 Å². The van der Waals surface area contributed by atoms with E-state index in [1.54, 1.807) is 0 Å². The fourth-order valence-corrected chi connectivity index (χ4v) is 4.21. The van der Waals surface area contributed by atoms with Crippen molar-refractivity contribution in [2.45, 2.75) is 37.3 Å². The van der Waals surface area contributed by atoms with Gasteiger partial charge in [0.05, 0.1) is 12.7 Å². The highest BCUT2D eigenvalue weighted by atomic mass is 19.1. The fourth-order valence-electron chi connectivity index (χ4n) is 4.21. The van der Waals surface area contributed by atoms with E-state index in [0.29, 0.717) is 6.04 Å². The molecular weight excluding hydrogens is 361 g/mol. The Bertz CT molecular complexity index is 819. The number of halogens is 1. The molecule has 1 heterocycles. The van der Waals surface area contributed by atoms with E-state index in [2.05, 4.69) is 66.0 Å². The number of nitrogens with one attached hydrogen (secondary N) is 1. The lowest BCUT2D eigenvalue weighted by molar-refractivity contribution is -0.0111. The first-order valence-electron chi connectivity index (χ1n) is 10.5. The molecule has 0 aliphatic carbocycles. The van der Waals surface area contributed by atoms with Crippen LogP contribution < -0.4 is 5.32 Å². The first-order chi connectivity index (χ1) is 14.3. The Morgan fingerprint density at radius 3 is 2.00 bits per heavy atom. The quantitative estimate of drug-likeness (QED) is 0.589. The largest absolute Gasteiger partial charge is 0.376 e. The van der Waals surface area contributed by atoms with E-state index in [4.69, 9.17) is 4.74 Å². The van der Waals surface area contributed by atoms with Crippen LogP contribution in [-0.2, 0) is 11.2 Å². The molecule has 2 atom stereocenters. The summed E-state index contributed by atoms with van der Waals surface area (Å²) in [6.45, 7) is 1.61. The molecule has 0 unspecified atom stereocenters. The maximum absolute atomic E-state index is 13.0. The Kier molecular flexibility index (Phi) is 6.71. The summed E-state index contributed by atoms with van der Waals surface area (Å²) in [6.07, 6.45) is 3.22. The van der Waals surface area contributed by atoms with Crippen molar-refractivity contribution < 1.29 is 9.13 Å². The van der Waals surface area contributed by atoms with Gasteiger partial charge in [0.15, 0.2) is 0 Å². The van der Waals surface area contributed by atoms with Gasteiger partial charge in [-0.1, -0.05) is 72.8 Å². The Morgan fingerprint density at radius 2 is 1.45 bits per heavy atom. The number of hydrogen-bond acceptors (Lipinski definition) is 2. The van der Waals surface area contributed by atoms with E-state index < -0.39 is 0 Å². The second-order valence-electron chi connectivity index (χ2n) is 7.78. The molecule has 0 amide bonds. The molecule has 3 heteroatoms.